The number of fused-ring (bicyclic) bond motifs is 1. The number of hydrazine groups is 1. The Labute approximate surface area is 117 Å². The number of aryl methyl sites for hydroxylation is 1. The van der Waals surface area contributed by atoms with Gasteiger partial charge in [0.1, 0.15) is 5.75 Å². The first-order valence-electron chi connectivity index (χ1n) is 6.59. The number of hydrogen-bond donors (Lipinski definition) is 2. The zero-order valence-electron chi connectivity index (χ0n) is 10.8. The Morgan fingerprint density at radius 1 is 1.37 bits per heavy atom. The Kier molecular flexibility index (Phi) is 3.82. The van der Waals surface area contributed by atoms with Gasteiger partial charge in [-0.15, -0.1) is 0 Å². The number of nitrogens with one attached hydrogen (secondary N) is 1. The van der Waals surface area contributed by atoms with E-state index in [1.54, 1.807) is 11.3 Å². The van der Waals surface area contributed by atoms with Crippen LogP contribution < -0.4 is 16.0 Å². The summed E-state index contributed by atoms with van der Waals surface area (Å²) in [4.78, 5) is 0. The minimum Gasteiger partial charge on any atom is -0.493 e. The molecule has 0 saturated carbocycles. The van der Waals surface area contributed by atoms with Crippen LogP contribution in [-0.4, -0.2) is 6.61 Å². The molecule has 1 atom stereocenters. The van der Waals surface area contributed by atoms with E-state index in [2.05, 4.69) is 40.5 Å². The van der Waals surface area contributed by atoms with Gasteiger partial charge in [-0.05, 0) is 52.4 Å². The van der Waals surface area contributed by atoms with E-state index in [9.17, 15) is 0 Å². The fraction of sp³-hybridized carbons (Fsp3) is 0.333. The monoisotopic (exact) mass is 274 g/mol. The van der Waals surface area contributed by atoms with Gasteiger partial charge in [0.2, 0.25) is 0 Å². The number of benzene rings is 1. The van der Waals surface area contributed by atoms with Crippen LogP contribution in [0, 0.1) is 0 Å². The van der Waals surface area contributed by atoms with Gasteiger partial charge >= 0.3 is 0 Å². The summed E-state index contributed by atoms with van der Waals surface area (Å²) in [5.74, 6) is 6.74. The van der Waals surface area contributed by atoms with Crippen LogP contribution in [0.15, 0.2) is 35.0 Å². The Bertz CT molecular complexity index is 539. The van der Waals surface area contributed by atoms with E-state index in [4.69, 9.17) is 10.6 Å². The van der Waals surface area contributed by atoms with Crippen molar-refractivity contribution in [1.82, 2.24) is 5.43 Å². The van der Waals surface area contributed by atoms with Crippen molar-refractivity contribution >= 4 is 11.3 Å². The molecule has 0 radical (unpaired) electrons. The van der Waals surface area contributed by atoms with Crippen molar-refractivity contribution in [3.63, 3.8) is 0 Å². The molecular formula is C15H18N2OS. The van der Waals surface area contributed by atoms with Gasteiger partial charge < -0.3 is 4.74 Å². The Hall–Kier alpha value is -1.36. The van der Waals surface area contributed by atoms with Gasteiger partial charge in [-0.1, -0.05) is 12.1 Å². The minimum atomic E-state index is 0.200. The van der Waals surface area contributed by atoms with Crippen molar-refractivity contribution in [2.24, 2.45) is 5.84 Å². The van der Waals surface area contributed by atoms with Gasteiger partial charge in [0.15, 0.2) is 0 Å². The molecule has 2 aromatic rings. The quantitative estimate of drug-likeness (QED) is 0.651. The van der Waals surface area contributed by atoms with E-state index < -0.39 is 0 Å². The highest BCUT2D eigenvalue weighted by molar-refractivity contribution is 7.07. The van der Waals surface area contributed by atoms with E-state index in [1.165, 1.54) is 16.7 Å². The first kappa shape index (κ1) is 12.7. The van der Waals surface area contributed by atoms with Crippen molar-refractivity contribution in [1.29, 1.82) is 0 Å². The molecule has 4 heteroatoms. The van der Waals surface area contributed by atoms with Crippen LogP contribution in [-0.2, 0) is 12.8 Å². The van der Waals surface area contributed by atoms with Crippen LogP contribution >= 0.6 is 11.3 Å². The third-order valence-electron chi connectivity index (χ3n) is 3.62. The fourth-order valence-corrected chi connectivity index (χ4v) is 3.22. The Balaban J connectivity index is 1.71. The molecule has 0 fully saturated rings. The third kappa shape index (κ3) is 2.81. The second kappa shape index (κ2) is 5.74. The van der Waals surface area contributed by atoms with Crippen molar-refractivity contribution in [3.8, 4) is 5.75 Å². The molecule has 0 bridgehead atoms. The lowest BCUT2D eigenvalue weighted by atomic mass is 9.98. The maximum atomic E-state index is 5.71. The zero-order chi connectivity index (χ0) is 13.1. The summed E-state index contributed by atoms with van der Waals surface area (Å²) in [7, 11) is 0. The number of hydrogen-bond acceptors (Lipinski definition) is 4. The molecule has 1 aromatic heterocycles. The number of rotatable bonds is 5. The average molecular weight is 274 g/mol. The molecule has 3 nitrogen and oxygen atoms in total. The summed E-state index contributed by atoms with van der Waals surface area (Å²) in [6.07, 6.45) is 3.06. The summed E-state index contributed by atoms with van der Waals surface area (Å²) in [5, 5.41) is 4.32. The Morgan fingerprint density at radius 3 is 3.11 bits per heavy atom. The summed E-state index contributed by atoms with van der Waals surface area (Å²) in [5.41, 5.74) is 6.87. The molecule has 1 unspecified atom stereocenters. The molecular weight excluding hydrogens is 256 g/mol. The van der Waals surface area contributed by atoms with Gasteiger partial charge in [0.25, 0.3) is 0 Å². The van der Waals surface area contributed by atoms with Gasteiger partial charge in [-0.25, -0.2) is 0 Å². The topological polar surface area (TPSA) is 47.3 Å². The number of thiophene rings is 1. The first-order chi connectivity index (χ1) is 9.36. The van der Waals surface area contributed by atoms with Gasteiger partial charge in [-0.3, -0.25) is 11.3 Å². The highest BCUT2D eigenvalue weighted by Gasteiger charge is 2.16. The predicted octanol–water partition coefficient (Wildman–Crippen LogP) is 2.82. The molecule has 3 N–H and O–H groups in total. The zero-order valence-corrected chi connectivity index (χ0v) is 11.6. The van der Waals surface area contributed by atoms with Gasteiger partial charge in [-0.2, -0.15) is 11.3 Å². The summed E-state index contributed by atoms with van der Waals surface area (Å²) in [6, 6.07) is 8.77. The van der Waals surface area contributed by atoms with Gasteiger partial charge in [0.05, 0.1) is 6.61 Å². The molecule has 3 rings (SSSR count). The van der Waals surface area contributed by atoms with E-state index in [0.29, 0.717) is 0 Å². The van der Waals surface area contributed by atoms with Crippen molar-refractivity contribution in [2.45, 2.75) is 25.3 Å². The van der Waals surface area contributed by atoms with E-state index in [1.807, 2.05) is 0 Å². The summed E-state index contributed by atoms with van der Waals surface area (Å²) < 4.78 is 5.54. The average Bonchev–Trinajstić information content (AvgIpc) is 3.09. The molecule has 0 saturated heterocycles. The fourth-order valence-electron chi connectivity index (χ4n) is 2.52. The third-order valence-corrected chi connectivity index (χ3v) is 4.35. The van der Waals surface area contributed by atoms with E-state index in [0.717, 1.165) is 31.6 Å². The van der Waals surface area contributed by atoms with Crippen LogP contribution in [0.3, 0.4) is 0 Å². The van der Waals surface area contributed by atoms with Gasteiger partial charge in [0, 0.05) is 12.5 Å². The molecule has 1 aromatic carbocycles. The molecule has 1 aliphatic heterocycles. The van der Waals surface area contributed by atoms with E-state index in [-0.39, 0.29) is 6.04 Å². The number of nitrogens with two attached hydrogens (primary N) is 1. The summed E-state index contributed by atoms with van der Waals surface area (Å²) in [6.45, 7) is 0.800. The smallest absolute Gasteiger partial charge is 0.122 e. The first-order valence-corrected chi connectivity index (χ1v) is 7.54. The van der Waals surface area contributed by atoms with Crippen LogP contribution in [0.1, 0.15) is 29.2 Å². The predicted molar refractivity (Wildman–Crippen MR) is 78.3 cm³/mol. The van der Waals surface area contributed by atoms with Crippen molar-refractivity contribution in [3.05, 3.63) is 51.7 Å². The van der Waals surface area contributed by atoms with Crippen molar-refractivity contribution in [2.75, 3.05) is 6.61 Å². The lowest BCUT2D eigenvalue weighted by Crippen LogP contribution is -2.28. The van der Waals surface area contributed by atoms with E-state index >= 15 is 0 Å². The maximum Gasteiger partial charge on any atom is 0.122 e. The largest absolute Gasteiger partial charge is 0.493 e. The van der Waals surface area contributed by atoms with Crippen LogP contribution in [0.5, 0.6) is 5.75 Å². The lowest BCUT2D eigenvalue weighted by Gasteiger charge is -2.16. The molecule has 1 aliphatic rings. The standard InChI is InChI=1S/C15H18N2OS/c16-17-14(3-1-11-6-8-19-10-11)12-2-4-15-13(9-12)5-7-18-15/h2,4,6,8-10,14,17H,1,3,5,7,16H2. The highest BCUT2D eigenvalue weighted by Crippen LogP contribution is 2.29. The van der Waals surface area contributed by atoms with Crippen molar-refractivity contribution < 1.29 is 4.74 Å². The van der Waals surface area contributed by atoms with Crippen LogP contribution in [0.25, 0.3) is 0 Å². The van der Waals surface area contributed by atoms with Crippen LogP contribution in [0.2, 0.25) is 0 Å². The SMILES string of the molecule is NNC(CCc1ccsc1)c1ccc2c(c1)CCO2. The summed E-state index contributed by atoms with van der Waals surface area (Å²) >= 11 is 1.74. The Morgan fingerprint density at radius 2 is 2.32 bits per heavy atom. The van der Waals surface area contributed by atoms with Crippen LogP contribution in [0.4, 0.5) is 0 Å². The molecule has 19 heavy (non-hydrogen) atoms. The second-order valence-corrected chi connectivity index (χ2v) is 5.64. The number of ether oxygens (including phenoxy) is 1. The maximum absolute atomic E-state index is 5.71. The lowest BCUT2D eigenvalue weighted by molar-refractivity contribution is 0.356. The molecule has 0 spiro atoms. The second-order valence-electron chi connectivity index (χ2n) is 4.86. The normalized spacial score (nSPS) is 15.0. The molecule has 0 amide bonds. The minimum absolute atomic E-state index is 0.200. The molecule has 0 aliphatic carbocycles. The highest BCUT2D eigenvalue weighted by atomic mass is 32.1. The molecule has 2 heterocycles. The molecule has 100 valence electrons.